The molecule has 0 spiro atoms. The van der Waals surface area contributed by atoms with E-state index >= 15 is 0 Å². The molecule has 1 aromatic heterocycles. The zero-order valence-electron chi connectivity index (χ0n) is 24.5. The predicted molar refractivity (Wildman–Crippen MR) is 157 cm³/mol. The summed E-state index contributed by atoms with van der Waals surface area (Å²) in [5.74, 6) is -3.31. The summed E-state index contributed by atoms with van der Waals surface area (Å²) in [7, 11) is 2.06. The number of piperazine rings is 1. The minimum atomic E-state index is -2.03. The first-order valence-electron chi connectivity index (χ1n) is 15.4. The molecule has 5 heterocycles. The fourth-order valence-corrected chi connectivity index (χ4v) is 8.65. The van der Waals surface area contributed by atoms with Gasteiger partial charge in [0.15, 0.2) is 0 Å². The lowest BCUT2D eigenvalue weighted by atomic mass is 9.72. The van der Waals surface area contributed by atoms with E-state index in [1.807, 2.05) is 30.3 Å². The van der Waals surface area contributed by atoms with E-state index in [1.165, 1.54) is 28.3 Å². The first-order valence-corrected chi connectivity index (χ1v) is 15.4. The van der Waals surface area contributed by atoms with Crippen molar-refractivity contribution in [3.63, 3.8) is 0 Å². The Bertz CT molecular complexity index is 1640. The van der Waals surface area contributed by atoms with E-state index in [-0.39, 0.29) is 36.1 Å². The van der Waals surface area contributed by atoms with Crippen molar-refractivity contribution in [2.75, 3.05) is 20.1 Å². The zero-order valence-corrected chi connectivity index (χ0v) is 24.5. The summed E-state index contributed by atoms with van der Waals surface area (Å²) in [5, 5.41) is 16.2. The minimum Gasteiger partial charge on any atom is -0.361 e. The predicted octanol–water partition coefficient (Wildman–Crippen LogP) is 2.08. The lowest BCUT2D eigenvalue weighted by molar-refractivity contribution is -0.315. The van der Waals surface area contributed by atoms with E-state index in [0.29, 0.717) is 32.4 Å². The van der Waals surface area contributed by atoms with E-state index in [1.54, 1.807) is 4.90 Å². The Balaban J connectivity index is 1.08. The lowest BCUT2D eigenvalue weighted by Gasteiger charge is -2.48. The number of aliphatic hydroxyl groups is 1. The molecule has 8 rings (SSSR count). The topological polar surface area (TPSA) is 118 Å². The van der Waals surface area contributed by atoms with Gasteiger partial charge in [-0.2, -0.15) is 0 Å². The fraction of sp³-hybridized carbons (Fsp3) is 0.485. The van der Waals surface area contributed by atoms with Gasteiger partial charge >= 0.3 is 0 Å². The second-order valence-electron chi connectivity index (χ2n) is 13.2. The van der Waals surface area contributed by atoms with Gasteiger partial charge in [0.25, 0.3) is 11.8 Å². The first-order chi connectivity index (χ1) is 20.7. The average molecular weight is 584 g/mol. The van der Waals surface area contributed by atoms with Crippen LogP contribution in [-0.4, -0.2) is 92.4 Å². The van der Waals surface area contributed by atoms with Gasteiger partial charge in [-0.15, -0.1) is 0 Å². The number of likely N-dealkylation sites (tertiary alicyclic amines) is 1. The van der Waals surface area contributed by atoms with Crippen molar-refractivity contribution in [1.29, 1.82) is 0 Å². The third-order valence-electron chi connectivity index (χ3n) is 10.6. The number of amides is 3. The van der Waals surface area contributed by atoms with Crippen molar-refractivity contribution >= 4 is 28.6 Å². The van der Waals surface area contributed by atoms with Gasteiger partial charge in [0.05, 0.1) is 5.92 Å². The maximum atomic E-state index is 14.2. The van der Waals surface area contributed by atoms with E-state index in [2.05, 4.69) is 46.6 Å². The standard InChI is InChI=1S/C33H37N5O5/c1-32(35-29(39)21-15-23-22-10-6-11-24-28(22)20(17-34-24)16-25(23)36(2)18-21)31(41)38-26(14-19-8-4-3-5-9-19)30(40)37-13-7-12-27(37)33(38,42)43-32/h3-6,8-11,17,21,23,25-27,34,42H,7,12-16,18H2,1-2H3,(H,35,39)/t21?,23?,25?,26-,27-,32+,33-/m0/s1. The zero-order chi connectivity index (χ0) is 29.7. The molecule has 4 saturated heterocycles. The van der Waals surface area contributed by atoms with Crippen LogP contribution in [-0.2, 0) is 32.0 Å². The van der Waals surface area contributed by atoms with Crippen LogP contribution >= 0.6 is 0 Å². The second kappa shape index (κ2) is 9.38. The number of aromatic nitrogens is 1. The Morgan fingerprint density at radius 2 is 1.98 bits per heavy atom. The van der Waals surface area contributed by atoms with Gasteiger partial charge in [0, 0.05) is 48.6 Å². The largest absolute Gasteiger partial charge is 0.361 e. The number of nitrogens with one attached hydrogen (secondary N) is 2. The summed E-state index contributed by atoms with van der Waals surface area (Å²) < 4.78 is 6.25. The van der Waals surface area contributed by atoms with Crippen LogP contribution in [0.4, 0.5) is 0 Å². The number of hydrogen-bond donors (Lipinski definition) is 3. The van der Waals surface area contributed by atoms with Crippen LogP contribution in [0.2, 0.25) is 0 Å². The number of H-pyrrole nitrogens is 1. The van der Waals surface area contributed by atoms with Gasteiger partial charge < -0.3 is 25.2 Å². The molecule has 10 nitrogen and oxygen atoms in total. The normalized spacial score (nSPS) is 35.2. The van der Waals surface area contributed by atoms with Crippen LogP contribution in [0.1, 0.15) is 48.8 Å². The minimum absolute atomic E-state index is 0.171. The van der Waals surface area contributed by atoms with Gasteiger partial charge in [-0.1, -0.05) is 42.5 Å². The number of carbonyl (C=O) groups excluding carboxylic acids is 3. The van der Waals surface area contributed by atoms with E-state index < -0.39 is 29.6 Å². The molecule has 0 radical (unpaired) electrons. The first kappa shape index (κ1) is 26.9. The number of hydrogen-bond acceptors (Lipinski definition) is 6. The van der Waals surface area contributed by atoms with Crippen molar-refractivity contribution in [2.24, 2.45) is 5.92 Å². The number of benzene rings is 2. The van der Waals surface area contributed by atoms with Crippen LogP contribution < -0.4 is 5.32 Å². The number of piperidine rings is 1. The maximum Gasteiger partial charge on any atom is 0.280 e. The van der Waals surface area contributed by atoms with Crippen LogP contribution in [0, 0.1) is 5.92 Å². The molecule has 43 heavy (non-hydrogen) atoms. The number of carbonyl (C=O) groups is 3. The van der Waals surface area contributed by atoms with E-state index in [9.17, 15) is 19.5 Å². The Hall–Kier alpha value is -3.73. The van der Waals surface area contributed by atoms with Gasteiger partial charge in [-0.25, -0.2) is 0 Å². The molecule has 224 valence electrons. The van der Waals surface area contributed by atoms with Crippen molar-refractivity contribution in [1.82, 2.24) is 25.0 Å². The molecule has 5 aliphatic rings. The summed E-state index contributed by atoms with van der Waals surface area (Å²) in [5.41, 5.74) is 2.74. The van der Waals surface area contributed by atoms with Crippen molar-refractivity contribution in [3.05, 3.63) is 71.4 Å². The highest BCUT2D eigenvalue weighted by Gasteiger charge is 2.70. The summed E-state index contributed by atoms with van der Waals surface area (Å²) >= 11 is 0. The molecular weight excluding hydrogens is 546 g/mol. The molecule has 4 aliphatic heterocycles. The molecular formula is C33H37N5O5. The van der Waals surface area contributed by atoms with Crippen molar-refractivity contribution in [3.8, 4) is 0 Å². The number of fused-ring (bicyclic) bond motifs is 5. The lowest BCUT2D eigenvalue weighted by Crippen LogP contribution is -2.71. The molecule has 0 saturated carbocycles. The van der Waals surface area contributed by atoms with Crippen molar-refractivity contribution in [2.45, 2.75) is 74.7 Å². The molecule has 10 heteroatoms. The Kier molecular flexibility index (Phi) is 5.86. The SMILES string of the molecule is CN1CC(C(=O)N[C@]2(C)O[C@@]3(O)[C@@H]4CCCN4C(=O)[C@H](Cc4ccccc4)N3C2=O)CC2c3cccc4[nH]cc(c34)CC21. The fourth-order valence-electron chi connectivity index (χ4n) is 8.65. The molecule has 3 N–H and O–H groups in total. The molecule has 3 amide bonds. The van der Waals surface area contributed by atoms with Crippen LogP contribution in [0.25, 0.3) is 10.9 Å². The van der Waals surface area contributed by atoms with Crippen molar-refractivity contribution < 1.29 is 24.2 Å². The molecule has 0 bridgehead atoms. The Labute approximate surface area is 250 Å². The van der Waals surface area contributed by atoms with E-state index in [4.69, 9.17) is 4.74 Å². The van der Waals surface area contributed by atoms with Crippen LogP contribution in [0.3, 0.4) is 0 Å². The monoisotopic (exact) mass is 583 g/mol. The van der Waals surface area contributed by atoms with Gasteiger partial charge in [-0.3, -0.25) is 24.0 Å². The summed E-state index contributed by atoms with van der Waals surface area (Å²) in [6.07, 6.45) is 5.13. The summed E-state index contributed by atoms with van der Waals surface area (Å²) in [6.45, 7) is 2.56. The number of aromatic amines is 1. The number of likely N-dealkylation sites (N-methyl/N-ethyl adjacent to an activating group) is 1. The third-order valence-corrected chi connectivity index (χ3v) is 10.6. The smallest absolute Gasteiger partial charge is 0.280 e. The summed E-state index contributed by atoms with van der Waals surface area (Å²) in [4.78, 5) is 50.4. The van der Waals surface area contributed by atoms with E-state index in [0.717, 1.165) is 17.5 Å². The molecule has 7 atom stereocenters. The highest BCUT2D eigenvalue weighted by molar-refractivity contribution is 5.97. The third kappa shape index (κ3) is 3.86. The highest BCUT2D eigenvalue weighted by Crippen LogP contribution is 2.47. The molecule has 1 aliphatic carbocycles. The average Bonchev–Trinajstić information content (AvgIpc) is 3.70. The number of ether oxygens (including phenoxy) is 1. The molecule has 2 aromatic carbocycles. The molecule has 3 unspecified atom stereocenters. The molecule has 3 aromatic rings. The number of rotatable bonds is 4. The van der Waals surface area contributed by atoms with Crippen LogP contribution in [0.15, 0.2) is 54.7 Å². The quantitative estimate of drug-likeness (QED) is 0.433. The Morgan fingerprint density at radius 3 is 2.79 bits per heavy atom. The second-order valence-corrected chi connectivity index (χ2v) is 13.2. The van der Waals surface area contributed by atoms with Gasteiger partial charge in [-0.05, 0) is 62.4 Å². The highest BCUT2D eigenvalue weighted by atomic mass is 16.7. The Morgan fingerprint density at radius 1 is 1.16 bits per heavy atom. The maximum absolute atomic E-state index is 14.2. The van der Waals surface area contributed by atoms with Gasteiger partial charge in [0.1, 0.15) is 12.1 Å². The molecule has 4 fully saturated rings. The summed E-state index contributed by atoms with van der Waals surface area (Å²) in [6, 6.07) is 14.4. The van der Waals surface area contributed by atoms with Gasteiger partial charge in [0.2, 0.25) is 17.5 Å². The van der Waals surface area contributed by atoms with Crippen LogP contribution in [0.5, 0.6) is 0 Å². The number of nitrogens with zero attached hydrogens (tertiary/aromatic N) is 3.